The van der Waals surface area contributed by atoms with Crippen LogP contribution in [0.2, 0.25) is 0 Å². The number of hydrogen-bond donors (Lipinski definition) is 1. The molecule has 0 radical (unpaired) electrons. The molecule has 0 aliphatic carbocycles. The van der Waals surface area contributed by atoms with E-state index in [9.17, 15) is 4.79 Å². The van der Waals surface area contributed by atoms with E-state index in [1.807, 2.05) is 0 Å². The van der Waals surface area contributed by atoms with Crippen molar-refractivity contribution in [3.63, 3.8) is 0 Å². The smallest absolute Gasteiger partial charge is 0.223 e. The van der Waals surface area contributed by atoms with Gasteiger partial charge in [-0.3, -0.25) is 4.79 Å². The number of carbonyl (C=O) groups excluding carboxylic acids is 1. The Bertz CT molecular complexity index is 230. The summed E-state index contributed by atoms with van der Waals surface area (Å²) in [7, 11) is 3.58. The standard InChI is InChI=1S/C13H26N2O/c1-11(2)7-6-8-12(3)14-10-9-13(16)15(4)5/h7,12,14H,6,8-10H2,1-5H3. The third-order valence-corrected chi connectivity index (χ3v) is 2.48. The van der Waals surface area contributed by atoms with Gasteiger partial charge in [-0.2, -0.15) is 0 Å². The highest BCUT2D eigenvalue weighted by molar-refractivity contribution is 5.75. The van der Waals surface area contributed by atoms with E-state index in [2.05, 4.69) is 32.2 Å². The van der Waals surface area contributed by atoms with E-state index in [4.69, 9.17) is 0 Å². The molecule has 0 fully saturated rings. The maximum atomic E-state index is 11.3. The van der Waals surface area contributed by atoms with Gasteiger partial charge in [0.2, 0.25) is 5.91 Å². The monoisotopic (exact) mass is 226 g/mol. The van der Waals surface area contributed by atoms with Crippen molar-refractivity contribution in [1.29, 1.82) is 0 Å². The van der Waals surface area contributed by atoms with Gasteiger partial charge in [-0.1, -0.05) is 11.6 Å². The SMILES string of the molecule is CC(C)=CCCC(C)NCCC(=O)N(C)C. The third kappa shape index (κ3) is 8.48. The largest absolute Gasteiger partial charge is 0.349 e. The number of carbonyl (C=O) groups is 1. The molecule has 0 saturated carbocycles. The summed E-state index contributed by atoms with van der Waals surface area (Å²) in [6, 6.07) is 0.477. The molecule has 3 nitrogen and oxygen atoms in total. The first-order valence-electron chi connectivity index (χ1n) is 6.00. The first-order chi connectivity index (χ1) is 7.43. The van der Waals surface area contributed by atoms with Gasteiger partial charge in [0.25, 0.3) is 0 Å². The van der Waals surface area contributed by atoms with Gasteiger partial charge in [0.15, 0.2) is 0 Å². The molecule has 0 bridgehead atoms. The molecule has 16 heavy (non-hydrogen) atoms. The molecule has 94 valence electrons. The van der Waals surface area contributed by atoms with Gasteiger partial charge >= 0.3 is 0 Å². The fraction of sp³-hybridized carbons (Fsp3) is 0.769. The highest BCUT2D eigenvalue weighted by Crippen LogP contribution is 2.01. The number of rotatable bonds is 7. The van der Waals surface area contributed by atoms with Crippen molar-refractivity contribution in [2.24, 2.45) is 0 Å². The predicted molar refractivity (Wildman–Crippen MR) is 69.4 cm³/mol. The van der Waals surface area contributed by atoms with Gasteiger partial charge in [0, 0.05) is 33.1 Å². The summed E-state index contributed by atoms with van der Waals surface area (Å²) < 4.78 is 0. The minimum atomic E-state index is 0.184. The number of allylic oxidation sites excluding steroid dienone is 2. The number of hydrogen-bond acceptors (Lipinski definition) is 2. The van der Waals surface area contributed by atoms with Crippen LogP contribution >= 0.6 is 0 Å². The molecule has 0 aromatic heterocycles. The highest BCUT2D eigenvalue weighted by atomic mass is 16.2. The summed E-state index contributed by atoms with van der Waals surface area (Å²) in [5.41, 5.74) is 1.37. The predicted octanol–water partition coefficient (Wildman–Crippen LogP) is 2.19. The van der Waals surface area contributed by atoms with Gasteiger partial charge in [0.05, 0.1) is 0 Å². The van der Waals surface area contributed by atoms with Crippen LogP contribution in [0.1, 0.15) is 40.0 Å². The number of nitrogens with zero attached hydrogens (tertiary/aromatic N) is 1. The average Bonchev–Trinajstić information content (AvgIpc) is 2.16. The molecule has 0 aromatic rings. The van der Waals surface area contributed by atoms with E-state index >= 15 is 0 Å². The van der Waals surface area contributed by atoms with Crippen LogP contribution in [0, 0.1) is 0 Å². The van der Waals surface area contributed by atoms with E-state index in [0.717, 1.165) is 19.4 Å². The van der Waals surface area contributed by atoms with E-state index in [-0.39, 0.29) is 5.91 Å². The zero-order valence-electron chi connectivity index (χ0n) is 11.3. The summed E-state index contributed by atoms with van der Waals surface area (Å²) in [5.74, 6) is 0.184. The van der Waals surface area contributed by atoms with Crippen LogP contribution in [-0.2, 0) is 4.79 Å². The molecule has 1 unspecified atom stereocenters. The van der Waals surface area contributed by atoms with Gasteiger partial charge in [-0.05, 0) is 33.6 Å². The quantitative estimate of drug-likeness (QED) is 0.675. The Labute approximate surface area is 99.9 Å². The van der Waals surface area contributed by atoms with Crippen molar-refractivity contribution >= 4 is 5.91 Å². The molecule has 0 aliphatic heterocycles. The molecule has 0 heterocycles. The lowest BCUT2D eigenvalue weighted by Crippen LogP contribution is -2.31. The van der Waals surface area contributed by atoms with Gasteiger partial charge in [-0.25, -0.2) is 0 Å². The lowest BCUT2D eigenvalue weighted by molar-refractivity contribution is -0.128. The summed E-state index contributed by atoms with van der Waals surface area (Å²) in [5, 5.41) is 3.37. The molecule has 0 spiro atoms. The van der Waals surface area contributed by atoms with E-state index in [0.29, 0.717) is 12.5 Å². The van der Waals surface area contributed by atoms with Crippen LogP contribution in [0.25, 0.3) is 0 Å². The van der Waals surface area contributed by atoms with Crippen molar-refractivity contribution < 1.29 is 4.79 Å². The highest BCUT2D eigenvalue weighted by Gasteiger charge is 2.04. The summed E-state index contributed by atoms with van der Waals surface area (Å²) in [4.78, 5) is 12.9. The van der Waals surface area contributed by atoms with Crippen molar-refractivity contribution in [1.82, 2.24) is 10.2 Å². The molecule has 3 heteroatoms. The van der Waals surface area contributed by atoms with Crippen LogP contribution in [0.3, 0.4) is 0 Å². The summed E-state index contributed by atoms with van der Waals surface area (Å²) in [6.45, 7) is 7.17. The second-order valence-corrected chi connectivity index (χ2v) is 4.75. The fourth-order valence-corrected chi connectivity index (χ4v) is 1.37. The molecule has 0 saturated heterocycles. The molecule has 1 N–H and O–H groups in total. The normalized spacial score (nSPS) is 12.1. The second kappa shape index (κ2) is 8.34. The second-order valence-electron chi connectivity index (χ2n) is 4.75. The Morgan fingerprint density at radius 2 is 2.00 bits per heavy atom. The molecule has 0 aliphatic rings. The summed E-state index contributed by atoms with van der Waals surface area (Å²) >= 11 is 0. The minimum absolute atomic E-state index is 0.184. The minimum Gasteiger partial charge on any atom is -0.349 e. The fourth-order valence-electron chi connectivity index (χ4n) is 1.37. The zero-order chi connectivity index (χ0) is 12.6. The van der Waals surface area contributed by atoms with Crippen molar-refractivity contribution in [2.45, 2.75) is 46.1 Å². The average molecular weight is 226 g/mol. The Kier molecular flexibility index (Phi) is 7.90. The number of amides is 1. The van der Waals surface area contributed by atoms with Crippen LogP contribution in [-0.4, -0.2) is 37.5 Å². The van der Waals surface area contributed by atoms with Crippen LogP contribution in [0.15, 0.2) is 11.6 Å². The van der Waals surface area contributed by atoms with E-state index in [1.54, 1.807) is 19.0 Å². The van der Waals surface area contributed by atoms with Crippen molar-refractivity contribution in [2.75, 3.05) is 20.6 Å². The maximum absolute atomic E-state index is 11.3. The maximum Gasteiger partial charge on any atom is 0.223 e. The van der Waals surface area contributed by atoms with Gasteiger partial charge < -0.3 is 10.2 Å². The van der Waals surface area contributed by atoms with Gasteiger partial charge in [-0.15, -0.1) is 0 Å². The topological polar surface area (TPSA) is 32.3 Å². The van der Waals surface area contributed by atoms with Crippen LogP contribution < -0.4 is 5.32 Å². The Balaban J connectivity index is 3.54. The van der Waals surface area contributed by atoms with Crippen molar-refractivity contribution in [3.8, 4) is 0 Å². The molecule has 1 atom stereocenters. The molecule has 1 amide bonds. The van der Waals surface area contributed by atoms with Gasteiger partial charge in [0.1, 0.15) is 0 Å². The third-order valence-electron chi connectivity index (χ3n) is 2.48. The van der Waals surface area contributed by atoms with Crippen LogP contribution in [0.5, 0.6) is 0 Å². The Morgan fingerprint density at radius 3 is 2.50 bits per heavy atom. The lowest BCUT2D eigenvalue weighted by atomic mass is 10.1. The first-order valence-corrected chi connectivity index (χ1v) is 6.00. The summed E-state index contributed by atoms with van der Waals surface area (Å²) in [6.07, 6.45) is 5.07. The van der Waals surface area contributed by atoms with Crippen LogP contribution in [0.4, 0.5) is 0 Å². The Hall–Kier alpha value is -0.830. The molecular weight excluding hydrogens is 200 g/mol. The molecule has 0 aromatic carbocycles. The van der Waals surface area contributed by atoms with Crippen molar-refractivity contribution in [3.05, 3.63) is 11.6 Å². The number of nitrogens with one attached hydrogen (secondary N) is 1. The zero-order valence-corrected chi connectivity index (χ0v) is 11.3. The molecule has 0 rings (SSSR count). The van der Waals surface area contributed by atoms with E-state index in [1.165, 1.54) is 5.57 Å². The Morgan fingerprint density at radius 1 is 1.38 bits per heavy atom. The lowest BCUT2D eigenvalue weighted by Gasteiger charge is -2.14. The molecular formula is C13H26N2O. The van der Waals surface area contributed by atoms with E-state index < -0.39 is 0 Å². The first kappa shape index (κ1) is 15.2.